The Balaban J connectivity index is 4.73. The molecule has 110 valence electrons. The summed E-state index contributed by atoms with van der Waals surface area (Å²) in [6.07, 6.45) is 3.34. The van der Waals surface area contributed by atoms with Gasteiger partial charge in [0, 0.05) is 0 Å². The van der Waals surface area contributed by atoms with E-state index in [1.54, 1.807) is 0 Å². The molecular formula is C13H33N3OSi. The summed E-state index contributed by atoms with van der Waals surface area (Å²) in [4.78, 5) is 10.8. The van der Waals surface area contributed by atoms with Crippen LogP contribution in [-0.4, -0.2) is 34.0 Å². The summed E-state index contributed by atoms with van der Waals surface area (Å²) in [7, 11) is -2.24. The molecule has 0 heterocycles. The Labute approximate surface area is 115 Å². The largest absolute Gasteiger partial charge is 0.440 e. The molecule has 0 aromatic rings. The lowest BCUT2D eigenvalue weighted by Gasteiger charge is -2.38. The van der Waals surface area contributed by atoms with Gasteiger partial charge in [0.2, 0.25) is 0 Å². The van der Waals surface area contributed by atoms with Crippen LogP contribution < -0.4 is 14.9 Å². The van der Waals surface area contributed by atoms with E-state index in [2.05, 4.69) is 56.5 Å². The highest BCUT2D eigenvalue weighted by Crippen LogP contribution is 2.11. The van der Waals surface area contributed by atoms with Crippen LogP contribution in [0.25, 0.3) is 0 Å². The average molecular weight is 276 g/mol. The first kappa shape index (κ1) is 18.1. The van der Waals surface area contributed by atoms with Crippen molar-refractivity contribution >= 4 is 8.80 Å². The van der Waals surface area contributed by atoms with Gasteiger partial charge in [-0.15, -0.1) is 0 Å². The maximum absolute atomic E-state index is 6.34. The molecule has 0 fully saturated rings. The second-order valence-corrected chi connectivity index (χ2v) is 8.30. The first-order valence-electron chi connectivity index (χ1n) is 7.34. The zero-order valence-electron chi connectivity index (χ0n) is 13.2. The Kier molecular flexibility index (Phi) is 9.07. The van der Waals surface area contributed by atoms with E-state index in [1.165, 1.54) is 0 Å². The van der Waals surface area contributed by atoms with Gasteiger partial charge in [0.25, 0.3) is 0 Å². The van der Waals surface area contributed by atoms with Crippen LogP contribution in [0, 0.1) is 0 Å². The van der Waals surface area contributed by atoms with Gasteiger partial charge < -0.3 is 4.43 Å². The first-order chi connectivity index (χ1) is 8.39. The van der Waals surface area contributed by atoms with E-state index in [0.717, 1.165) is 38.9 Å². The molecule has 0 saturated heterocycles. The summed E-state index contributed by atoms with van der Waals surface area (Å²) in [6.45, 7) is 15.8. The molecule has 0 bridgehead atoms. The molecule has 0 aromatic carbocycles. The fourth-order valence-electron chi connectivity index (χ4n) is 1.66. The lowest BCUT2D eigenvalue weighted by Crippen LogP contribution is -2.76. The molecule has 0 atom stereocenters. The van der Waals surface area contributed by atoms with Crippen molar-refractivity contribution in [3.8, 4) is 0 Å². The third-order valence-electron chi connectivity index (χ3n) is 2.33. The predicted molar refractivity (Wildman–Crippen MR) is 81.5 cm³/mol. The molecule has 0 saturated carbocycles. The summed E-state index contributed by atoms with van der Waals surface area (Å²) < 4.78 is 6.34. The van der Waals surface area contributed by atoms with E-state index in [-0.39, 0.29) is 5.60 Å². The van der Waals surface area contributed by atoms with Crippen molar-refractivity contribution < 1.29 is 4.43 Å². The number of rotatable bonds is 10. The highest BCUT2D eigenvalue weighted by Gasteiger charge is 2.39. The third-order valence-corrected chi connectivity index (χ3v) is 5.49. The Morgan fingerprint density at radius 1 is 0.778 bits per heavy atom. The summed E-state index contributed by atoms with van der Waals surface area (Å²) in [6, 6.07) is 0. The number of hydrogen-bond acceptors (Lipinski definition) is 4. The Morgan fingerprint density at radius 3 is 1.33 bits per heavy atom. The van der Waals surface area contributed by atoms with Gasteiger partial charge in [-0.1, -0.05) is 20.8 Å². The second-order valence-electron chi connectivity index (χ2n) is 5.68. The summed E-state index contributed by atoms with van der Waals surface area (Å²) in [5.74, 6) is 0. The monoisotopic (exact) mass is 275 g/mol. The Morgan fingerprint density at radius 2 is 1.11 bits per heavy atom. The maximum atomic E-state index is 6.34. The molecule has 0 spiro atoms. The minimum atomic E-state index is -2.24. The van der Waals surface area contributed by atoms with Crippen LogP contribution in [0.5, 0.6) is 0 Å². The summed E-state index contributed by atoms with van der Waals surface area (Å²) in [5.41, 5.74) is -0.144. The average Bonchev–Trinajstić information content (AvgIpc) is 2.29. The van der Waals surface area contributed by atoms with Gasteiger partial charge in [0.15, 0.2) is 0 Å². The van der Waals surface area contributed by atoms with Gasteiger partial charge in [-0.2, -0.15) is 0 Å². The van der Waals surface area contributed by atoms with Crippen LogP contribution in [0.3, 0.4) is 0 Å². The standard InChI is InChI=1S/C13H33N3OSi/c1-7-10-14-18(15-11-8-2,16-12-9-3)17-13(4,5)6/h14-16H,7-12H2,1-6H3. The van der Waals surface area contributed by atoms with Crippen LogP contribution in [0.4, 0.5) is 0 Å². The molecule has 4 nitrogen and oxygen atoms in total. The Bertz CT molecular complexity index is 185. The molecule has 0 rings (SSSR count). The van der Waals surface area contributed by atoms with E-state index in [0.29, 0.717) is 0 Å². The molecule has 0 aromatic heterocycles. The van der Waals surface area contributed by atoms with E-state index < -0.39 is 8.80 Å². The van der Waals surface area contributed by atoms with Gasteiger partial charge in [-0.3, -0.25) is 14.9 Å². The second kappa shape index (κ2) is 9.04. The highest BCUT2D eigenvalue weighted by atomic mass is 28.4. The third kappa shape index (κ3) is 8.21. The van der Waals surface area contributed by atoms with Crippen molar-refractivity contribution in [1.82, 2.24) is 14.9 Å². The van der Waals surface area contributed by atoms with E-state index in [4.69, 9.17) is 4.43 Å². The maximum Gasteiger partial charge on any atom is 0.440 e. The van der Waals surface area contributed by atoms with Crippen molar-refractivity contribution in [2.75, 3.05) is 19.6 Å². The molecule has 3 N–H and O–H groups in total. The van der Waals surface area contributed by atoms with Crippen molar-refractivity contribution in [3.05, 3.63) is 0 Å². The van der Waals surface area contributed by atoms with Crippen LogP contribution in [-0.2, 0) is 4.43 Å². The van der Waals surface area contributed by atoms with E-state index in [9.17, 15) is 0 Å². The SMILES string of the molecule is CCCN[Si](NCCC)(NCCC)OC(C)(C)C. The lowest BCUT2D eigenvalue weighted by molar-refractivity contribution is 0.100. The van der Waals surface area contributed by atoms with Crippen molar-refractivity contribution in [2.24, 2.45) is 0 Å². The van der Waals surface area contributed by atoms with Gasteiger partial charge in [-0.05, 0) is 59.7 Å². The number of hydrogen-bond donors (Lipinski definition) is 3. The van der Waals surface area contributed by atoms with Crippen molar-refractivity contribution in [2.45, 2.75) is 66.4 Å². The normalized spacial score (nSPS) is 13.0. The topological polar surface area (TPSA) is 45.3 Å². The fraction of sp³-hybridized carbons (Fsp3) is 1.00. The summed E-state index contributed by atoms with van der Waals surface area (Å²) >= 11 is 0. The van der Waals surface area contributed by atoms with E-state index in [1.807, 2.05) is 0 Å². The van der Waals surface area contributed by atoms with Crippen molar-refractivity contribution in [3.63, 3.8) is 0 Å². The minimum absolute atomic E-state index is 0.144. The summed E-state index contributed by atoms with van der Waals surface area (Å²) in [5, 5.41) is 0. The smallest absolute Gasteiger partial charge is 0.375 e. The molecule has 0 aliphatic rings. The molecule has 0 aliphatic heterocycles. The minimum Gasteiger partial charge on any atom is -0.375 e. The van der Waals surface area contributed by atoms with E-state index >= 15 is 0 Å². The fourth-order valence-corrected chi connectivity index (χ4v) is 4.97. The molecular weight excluding hydrogens is 242 g/mol. The van der Waals surface area contributed by atoms with Gasteiger partial charge in [-0.25, -0.2) is 0 Å². The zero-order chi connectivity index (χ0) is 14.1. The quantitative estimate of drug-likeness (QED) is 0.535. The van der Waals surface area contributed by atoms with Crippen LogP contribution in [0.1, 0.15) is 60.8 Å². The van der Waals surface area contributed by atoms with Crippen LogP contribution >= 0.6 is 0 Å². The molecule has 18 heavy (non-hydrogen) atoms. The van der Waals surface area contributed by atoms with Gasteiger partial charge in [0.1, 0.15) is 0 Å². The van der Waals surface area contributed by atoms with Crippen LogP contribution in [0.2, 0.25) is 0 Å². The molecule has 0 unspecified atom stereocenters. The lowest BCUT2D eigenvalue weighted by atomic mass is 10.2. The molecule has 5 heteroatoms. The Hall–Kier alpha value is 0.0569. The number of nitrogens with one attached hydrogen (secondary N) is 3. The van der Waals surface area contributed by atoms with Gasteiger partial charge >= 0.3 is 8.80 Å². The highest BCUT2D eigenvalue weighted by molar-refractivity contribution is 6.66. The van der Waals surface area contributed by atoms with Gasteiger partial charge in [0.05, 0.1) is 5.60 Å². The zero-order valence-corrected chi connectivity index (χ0v) is 14.2. The first-order valence-corrected chi connectivity index (χ1v) is 9.25. The van der Waals surface area contributed by atoms with Crippen molar-refractivity contribution in [1.29, 1.82) is 0 Å². The predicted octanol–water partition coefficient (Wildman–Crippen LogP) is 2.24. The van der Waals surface area contributed by atoms with Crippen LogP contribution in [0.15, 0.2) is 0 Å². The molecule has 0 amide bonds. The molecule has 0 radical (unpaired) electrons. The molecule has 0 aliphatic carbocycles.